The highest BCUT2D eigenvalue weighted by Crippen LogP contribution is 2.20. The molecule has 0 aliphatic rings. The van der Waals surface area contributed by atoms with Crippen molar-refractivity contribution in [3.63, 3.8) is 0 Å². The predicted molar refractivity (Wildman–Crippen MR) is 70.5 cm³/mol. The SMILES string of the molecule is COc1ccc(N)c(NCc2cn(C)nc2C)n1. The van der Waals surface area contributed by atoms with Crippen LogP contribution in [0.2, 0.25) is 0 Å². The molecule has 2 rings (SSSR count). The van der Waals surface area contributed by atoms with Crippen LogP contribution in [0.3, 0.4) is 0 Å². The van der Waals surface area contributed by atoms with E-state index in [0.717, 1.165) is 11.3 Å². The van der Waals surface area contributed by atoms with Gasteiger partial charge in [-0.05, 0) is 13.0 Å². The van der Waals surface area contributed by atoms with E-state index in [0.29, 0.717) is 23.9 Å². The second-order valence-electron chi connectivity index (χ2n) is 4.06. The molecule has 2 aromatic rings. The summed E-state index contributed by atoms with van der Waals surface area (Å²) in [6.07, 6.45) is 1.97. The first-order valence-electron chi connectivity index (χ1n) is 5.63. The van der Waals surface area contributed by atoms with Gasteiger partial charge in [0.25, 0.3) is 0 Å². The van der Waals surface area contributed by atoms with E-state index in [1.165, 1.54) is 0 Å². The van der Waals surface area contributed by atoms with Crippen LogP contribution < -0.4 is 15.8 Å². The molecule has 3 N–H and O–H groups in total. The molecule has 0 amide bonds. The zero-order valence-electron chi connectivity index (χ0n) is 10.8. The highest BCUT2D eigenvalue weighted by Gasteiger charge is 2.06. The van der Waals surface area contributed by atoms with Gasteiger partial charge >= 0.3 is 0 Å². The summed E-state index contributed by atoms with van der Waals surface area (Å²) >= 11 is 0. The Hall–Kier alpha value is -2.24. The van der Waals surface area contributed by atoms with Gasteiger partial charge in [-0.1, -0.05) is 0 Å². The summed E-state index contributed by atoms with van der Waals surface area (Å²) in [6.45, 7) is 2.60. The molecular weight excluding hydrogens is 230 g/mol. The van der Waals surface area contributed by atoms with Crippen LogP contribution in [0.15, 0.2) is 18.3 Å². The number of hydrogen-bond donors (Lipinski definition) is 2. The Kier molecular flexibility index (Phi) is 3.36. The van der Waals surface area contributed by atoms with Crippen LogP contribution >= 0.6 is 0 Å². The van der Waals surface area contributed by atoms with Crippen molar-refractivity contribution in [2.75, 3.05) is 18.2 Å². The molecule has 0 atom stereocenters. The standard InChI is InChI=1S/C12H17N5O/c1-8-9(7-17(2)16-8)6-14-12-10(13)4-5-11(15-12)18-3/h4-5,7H,6,13H2,1-3H3,(H,14,15). The number of rotatable bonds is 4. The maximum Gasteiger partial charge on any atom is 0.215 e. The van der Waals surface area contributed by atoms with Crippen LogP contribution in [0.1, 0.15) is 11.3 Å². The number of aryl methyl sites for hydroxylation is 2. The molecular formula is C12H17N5O. The lowest BCUT2D eigenvalue weighted by Gasteiger charge is -2.09. The summed E-state index contributed by atoms with van der Waals surface area (Å²) in [7, 11) is 3.47. The molecule has 18 heavy (non-hydrogen) atoms. The molecule has 0 bridgehead atoms. The van der Waals surface area contributed by atoms with Gasteiger partial charge in [-0.25, -0.2) is 0 Å². The van der Waals surface area contributed by atoms with Crippen molar-refractivity contribution in [3.8, 4) is 5.88 Å². The van der Waals surface area contributed by atoms with Crippen molar-refractivity contribution in [1.29, 1.82) is 0 Å². The third kappa shape index (κ3) is 2.53. The van der Waals surface area contributed by atoms with Gasteiger partial charge in [0, 0.05) is 31.4 Å². The second-order valence-corrected chi connectivity index (χ2v) is 4.06. The molecule has 0 radical (unpaired) electrons. The number of nitrogens with two attached hydrogens (primary N) is 1. The average Bonchev–Trinajstić information content (AvgIpc) is 2.67. The summed E-state index contributed by atoms with van der Waals surface area (Å²) in [5.74, 6) is 1.16. The maximum absolute atomic E-state index is 5.85. The van der Waals surface area contributed by atoms with E-state index in [4.69, 9.17) is 10.5 Å². The number of methoxy groups -OCH3 is 1. The largest absolute Gasteiger partial charge is 0.481 e. The first-order valence-corrected chi connectivity index (χ1v) is 5.63. The predicted octanol–water partition coefficient (Wildman–Crippen LogP) is 1.33. The zero-order chi connectivity index (χ0) is 13.1. The van der Waals surface area contributed by atoms with E-state index in [9.17, 15) is 0 Å². The van der Waals surface area contributed by atoms with Gasteiger partial charge in [0.15, 0.2) is 5.82 Å². The lowest BCUT2D eigenvalue weighted by Crippen LogP contribution is -2.05. The van der Waals surface area contributed by atoms with E-state index in [-0.39, 0.29) is 0 Å². The smallest absolute Gasteiger partial charge is 0.215 e. The number of anilines is 2. The van der Waals surface area contributed by atoms with Crippen LogP contribution in [-0.4, -0.2) is 21.9 Å². The number of hydrogen-bond acceptors (Lipinski definition) is 5. The number of nitrogens with one attached hydrogen (secondary N) is 1. The molecule has 2 heterocycles. The number of aromatic nitrogens is 3. The molecule has 0 saturated heterocycles. The number of nitrogens with zero attached hydrogens (tertiary/aromatic N) is 3. The molecule has 0 spiro atoms. The Morgan fingerprint density at radius 3 is 2.83 bits per heavy atom. The van der Waals surface area contributed by atoms with E-state index in [2.05, 4.69) is 15.4 Å². The fraction of sp³-hybridized carbons (Fsp3) is 0.333. The molecule has 0 saturated carbocycles. The van der Waals surface area contributed by atoms with Crippen LogP contribution in [0, 0.1) is 6.92 Å². The number of nitrogen functional groups attached to an aromatic ring is 1. The van der Waals surface area contributed by atoms with Gasteiger partial charge in [0.05, 0.1) is 18.5 Å². The van der Waals surface area contributed by atoms with Crippen LogP contribution in [-0.2, 0) is 13.6 Å². The fourth-order valence-corrected chi connectivity index (χ4v) is 1.71. The molecule has 0 aliphatic heterocycles. The van der Waals surface area contributed by atoms with Crippen LogP contribution in [0.5, 0.6) is 5.88 Å². The molecule has 96 valence electrons. The van der Waals surface area contributed by atoms with Gasteiger partial charge in [-0.15, -0.1) is 0 Å². The Morgan fingerprint density at radius 2 is 2.22 bits per heavy atom. The zero-order valence-corrected chi connectivity index (χ0v) is 10.8. The summed E-state index contributed by atoms with van der Waals surface area (Å²) < 4.78 is 6.85. The highest BCUT2D eigenvalue weighted by atomic mass is 16.5. The Balaban J connectivity index is 2.12. The summed E-state index contributed by atoms with van der Waals surface area (Å²) in [6, 6.07) is 3.50. The minimum Gasteiger partial charge on any atom is -0.481 e. The Bertz CT molecular complexity index is 549. The lowest BCUT2D eigenvalue weighted by molar-refractivity contribution is 0.398. The third-order valence-corrected chi connectivity index (χ3v) is 2.67. The van der Waals surface area contributed by atoms with E-state index in [1.807, 2.05) is 20.2 Å². The first-order chi connectivity index (χ1) is 8.60. The van der Waals surface area contributed by atoms with Gasteiger partial charge < -0.3 is 15.8 Å². The molecule has 0 aliphatic carbocycles. The monoisotopic (exact) mass is 247 g/mol. The van der Waals surface area contributed by atoms with Crippen molar-refractivity contribution >= 4 is 11.5 Å². The summed E-state index contributed by atoms with van der Waals surface area (Å²) in [5.41, 5.74) is 8.55. The lowest BCUT2D eigenvalue weighted by atomic mass is 10.2. The van der Waals surface area contributed by atoms with Gasteiger partial charge in [-0.2, -0.15) is 10.1 Å². The molecule has 0 fully saturated rings. The molecule has 2 aromatic heterocycles. The van der Waals surface area contributed by atoms with E-state index < -0.39 is 0 Å². The van der Waals surface area contributed by atoms with E-state index >= 15 is 0 Å². The van der Waals surface area contributed by atoms with Crippen molar-refractivity contribution < 1.29 is 4.74 Å². The maximum atomic E-state index is 5.85. The molecule has 6 nitrogen and oxygen atoms in total. The Morgan fingerprint density at radius 1 is 1.44 bits per heavy atom. The highest BCUT2D eigenvalue weighted by molar-refractivity contribution is 5.62. The fourth-order valence-electron chi connectivity index (χ4n) is 1.71. The van der Waals surface area contributed by atoms with Crippen molar-refractivity contribution in [3.05, 3.63) is 29.6 Å². The van der Waals surface area contributed by atoms with Gasteiger partial charge in [0.2, 0.25) is 5.88 Å². The molecule has 6 heteroatoms. The second kappa shape index (κ2) is 4.95. The topological polar surface area (TPSA) is 78.0 Å². The minimum absolute atomic E-state index is 0.537. The van der Waals surface area contributed by atoms with Crippen molar-refractivity contribution in [2.24, 2.45) is 7.05 Å². The number of pyridine rings is 1. The molecule has 0 aromatic carbocycles. The van der Waals surface area contributed by atoms with Gasteiger partial charge in [0.1, 0.15) is 0 Å². The van der Waals surface area contributed by atoms with Crippen molar-refractivity contribution in [2.45, 2.75) is 13.5 Å². The first kappa shape index (κ1) is 12.2. The quantitative estimate of drug-likeness (QED) is 0.852. The van der Waals surface area contributed by atoms with Gasteiger partial charge in [-0.3, -0.25) is 4.68 Å². The summed E-state index contributed by atoms with van der Waals surface area (Å²) in [5, 5.41) is 7.47. The van der Waals surface area contributed by atoms with Crippen LogP contribution in [0.25, 0.3) is 0 Å². The van der Waals surface area contributed by atoms with Crippen LogP contribution in [0.4, 0.5) is 11.5 Å². The molecule has 0 unspecified atom stereocenters. The average molecular weight is 247 g/mol. The summed E-state index contributed by atoms with van der Waals surface area (Å²) in [4.78, 5) is 4.26. The third-order valence-electron chi connectivity index (χ3n) is 2.67. The Labute approximate surface area is 106 Å². The number of ether oxygens (including phenoxy) is 1. The van der Waals surface area contributed by atoms with Crippen molar-refractivity contribution in [1.82, 2.24) is 14.8 Å². The normalized spacial score (nSPS) is 10.4. The van der Waals surface area contributed by atoms with E-state index in [1.54, 1.807) is 23.9 Å². The minimum atomic E-state index is 0.537.